The first kappa shape index (κ1) is 20.2. The second kappa shape index (κ2) is 8.65. The molecule has 0 atom stereocenters. The molecule has 0 spiro atoms. The topological polar surface area (TPSA) is 74.5 Å². The average molecular weight is 435 g/mol. The minimum atomic E-state index is -0.519. The van der Waals surface area contributed by atoms with Gasteiger partial charge in [-0.25, -0.2) is 0 Å². The van der Waals surface area contributed by atoms with Gasteiger partial charge in [0.25, 0.3) is 5.91 Å². The van der Waals surface area contributed by atoms with E-state index < -0.39 is 5.91 Å². The van der Waals surface area contributed by atoms with Crippen LogP contribution >= 0.6 is 35.4 Å². The number of halogens is 2. The Hall–Kier alpha value is -2.54. The van der Waals surface area contributed by atoms with E-state index in [1.807, 2.05) is 13.0 Å². The summed E-state index contributed by atoms with van der Waals surface area (Å²) >= 11 is 17.1. The number of hydrogen-bond donors (Lipinski definition) is 3. The van der Waals surface area contributed by atoms with Crippen molar-refractivity contribution in [2.45, 2.75) is 13.3 Å². The molecule has 144 valence electrons. The van der Waals surface area contributed by atoms with Gasteiger partial charge in [-0.15, -0.1) is 0 Å². The monoisotopic (exact) mass is 434 g/mol. The molecule has 28 heavy (non-hydrogen) atoms. The molecule has 5 nitrogen and oxygen atoms in total. The summed E-state index contributed by atoms with van der Waals surface area (Å²) in [6.07, 6.45) is 0.804. The van der Waals surface area contributed by atoms with Gasteiger partial charge in [0.1, 0.15) is 11.5 Å². The minimum Gasteiger partial charge on any atom is -0.506 e. The first-order chi connectivity index (χ1) is 13.4. The molecule has 0 saturated carbocycles. The molecule has 3 aromatic rings. The Morgan fingerprint density at radius 3 is 2.61 bits per heavy atom. The van der Waals surface area contributed by atoms with E-state index >= 15 is 0 Å². The van der Waals surface area contributed by atoms with Crippen LogP contribution in [-0.2, 0) is 6.42 Å². The molecule has 3 rings (SSSR count). The number of rotatable bonds is 4. The van der Waals surface area contributed by atoms with E-state index in [0.29, 0.717) is 27.1 Å². The maximum Gasteiger partial charge on any atom is 0.293 e. The largest absolute Gasteiger partial charge is 0.506 e. The minimum absolute atomic E-state index is 0.0358. The van der Waals surface area contributed by atoms with Crippen LogP contribution in [0.25, 0.3) is 11.3 Å². The van der Waals surface area contributed by atoms with Crippen LogP contribution in [0.3, 0.4) is 0 Å². The molecule has 2 aromatic carbocycles. The predicted molar refractivity (Wildman–Crippen MR) is 115 cm³/mol. The number of thiocarbonyl (C=S) groups is 1. The van der Waals surface area contributed by atoms with Crippen LogP contribution in [-0.4, -0.2) is 16.1 Å². The summed E-state index contributed by atoms with van der Waals surface area (Å²) in [5, 5.41) is 16.1. The lowest BCUT2D eigenvalue weighted by atomic mass is 10.1. The Balaban J connectivity index is 1.69. The van der Waals surface area contributed by atoms with E-state index in [0.717, 1.165) is 12.0 Å². The molecule has 0 fully saturated rings. The van der Waals surface area contributed by atoms with Crippen molar-refractivity contribution >= 4 is 52.1 Å². The number of aromatic hydroxyl groups is 1. The summed E-state index contributed by atoms with van der Waals surface area (Å²) in [5.41, 5.74) is 2.13. The van der Waals surface area contributed by atoms with E-state index in [4.69, 9.17) is 39.8 Å². The van der Waals surface area contributed by atoms with Crippen LogP contribution < -0.4 is 10.6 Å². The van der Waals surface area contributed by atoms with Crippen molar-refractivity contribution < 1.29 is 14.3 Å². The normalized spacial score (nSPS) is 10.5. The highest BCUT2D eigenvalue weighted by molar-refractivity contribution is 7.80. The zero-order valence-electron chi connectivity index (χ0n) is 14.8. The highest BCUT2D eigenvalue weighted by atomic mass is 35.5. The fraction of sp³-hybridized carbons (Fsp3) is 0.100. The second-order valence-electron chi connectivity index (χ2n) is 5.91. The van der Waals surface area contributed by atoms with Gasteiger partial charge in [0, 0.05) is 5.56 Å². The third-order valence-electron chi connectivity index (χ3n) is 3.98. The molecule has 8 heteroatoms. The van der Waals surface area contributed by atoms with E-state index in [9.17, 15) is 9.90 Å². The molecule has 1 amide bonds. The number of benzene rings is 2. The Morgan fingerprint density at radius 2 is 1.89 bits per heavy atom. The number of carbonyl (C=O) groups is 1. The first-order valence-corrected chi connectivity index (χ1v) is 9.53. The van der Waals surface area contributed by atoms with Crippen LogP contribution in [0.15, 0.2) is 52.9 Å². The molecule has 1 heterocycles. The molecule has 3 N–H and O–H groups in total. The van der Waals surface area contributed by atoms with Gasteiger partial charge < -0.3 is 14.8 Å². The summed E-state index contributed by atoms with van der Waals surface area (Å²) in [5.74, 6) is 0.0660. The van der Waals surface area contributed by atoms with Crippen LogP contribution in [0, 0.1) is 0 Å². The maximum atomic E-state index is 12.4. The van der Waals surface area contributed by atoms with Crippen LogP contribution in [0.2, 0.25) is 10.0 Å². The number of phenolic OH excluding ortho intramolecular Hbond substituents is 1. The second-order valence-corrected chi connectivity index (χ2v) is 7.13. The third kappa shape index (κ3) is 4.65. The zero-order valence-corrected chi connectivity index (χ0v) is 17.1. The quantitative estimate of drug-likeness (QED) is 0.365. The average Bonchev–Trinajstić information content (AvgIpc) is 3.16. The van der Waals surface area contributed by atoms with E-state index in [1.165, 1.54) is 6.07 Å². The van der Waals surface area contributed by atoms with E-state index in [-0.39, 0.29) is 16.6 Å². The van der Waals surface area contributed by atoms with Gasteiger partial charge >= 0.3 is 0 Å². The Bertz CT molecular complexity index is 1050. The van der Waals surface area contributed by atoms with Gasteiger partial charge in [-0.2, -0.15) is 0 Å². The fourth-order valence-electron chi connectivity index (χ4n) is 2.49. The number of hydrogen-bond acceptors (Lipinski definition) is 4. The summed E-state index contributed by atoms with van der Waals surface area (Å²) in [6.45, 7) is 2.00. The highest BCUT2D eigenvalue weighted by Crippen LogP contribution is 2.29. The molecule has 0 radical (unpaired) electrons. The van der Waals surface area contributed by atoms with Crippen LogP contribution in [0.1, 0.15) is 23.0 Å². The van der Waals surface area contributed by atoms with Crippen molar-refractivity contribution in [2.24, 2.45) is 0 Å². The van der Waals surface area contributed by atoms with Crippen LogP contribution in [0.5, 0.6) is 5.75 Å². The number of aryl methyl sites for hydroxylation is 1. The number of carbonyl (C=O) groups excluding carboxylic acids is 1. The maximum absolute atomic E-state index is 12.4. The van der Waals surface area contributed by atoms with E-state index in [1.54, 1.807) is 36.4 Å². The standard InChI is InChI=1S/C20H16Cl2N2O3S/c1-2-11-3-6-16(25)15(9-11)23-20(28)24-19(26)18-8-7-17(27-18)12-4-5-13(21)14(22)10-12/h3-10,25H,2H2,1H3,(H2,23,24,26,28). The molecular weight excluding hydrogens is 419 g/mol. The Morgan fingerprint density at radius 1 is 1.11 bits per heavy atom. The van der Waals surface area contributed by atoms with Crippen LogP contribution in [0.4, 0.5) is 5.69 Å². The zero-order chi connectivity index (χ0) is 20.3. The molecular formula is C20H16Cl2N2O3S. The lowest BCUT2D eigenvalue weighted by molar-refractivity contribution is 0.0951. The van der Waals surface area contributed by atoms with Crippen molar-refractivity contribution in [2.75, 3.05) is 5.32 Å². The van der Waals surface area contributed by atoms with Crippen molar-refractivity contribution in [1.82, 2.24) is 5.32 Å². The molecule has 0 aliphatic heterocycles. The summed E-state index contributed by atoms with van der Waals surface area (Å²) in [6, 6.07) is 13.4. The van der Waals surface area contributed by atoms with Gasteiger partial charge in [-0.3, -0.25) is 10.1 Å². The number of phenols is 1. The number of amides is 1. The third-order valence-corrected chi connectivity index (χ3v) is 4.92. The smallest absolute Gasteiger partial charge is 0.293 e. The summed E-state index contributed by atoms with van der Waals surface area (Å²) < 4.78 is 5.59. The predicted octanol–water partition coefficient (Wildman–Crippen LogP) is 5.65. The lowest BCUT2D eigenvalue weighted by Gasteiger charge is -2.11. The number of furan rings is 1. The molecule has 1 aromatic heterocycles. The Labute approximate surface area is 177 Å². The Kier molecular flexibility index (Phi) is 6.24. The molecule has 0 aliphatic carbocycles. The number of anilines is 1. The molecule has 0 aliphatic rings. The van der Waals surface area contributed by atoms with Crippen molar-refractivity contribution in [3.05, 3.63) is 69.9 Å². The first-order valence-electron chi connectivity index (χ1n) is 8.37. The van der Waals surface area contributed by atoms with Gasteiger partial charge in [0.05, 0.1) is 15.7 Å². The van der Waals surface area contributed by atoms with Crippen molar-refractivity contribution in [3.63, 3.8) is 0 Å². The highest BCUT2D eigenvalue weighted by Gasteiger charge is 2.15. The summed E-state index contributed by atoms with van der Waals surface area (Å²) in [4.78, 5) is 12.4. The van der Waals surface area contributed by atoms with Gasteiger partial charge in [0.15, 0.2) is 10.9 Å². The van der Waals surface area contributed by atoms with Crippen molar-refractivity contribution in [3.8, 4) is 17.1 Å². The summed E-state index contributed by atoms with van der Waals surface area (Å²) in [7, 11) is 0. The van der Waals surface area contributed by atoms with Crippen molar-refractivity contribution in [1.29, 1.82) is 0 Å². The molecule has 0 unspecified atom stereocenters. The van der Waals surface area contributed by atoms with Gasteiger partial charge in [-0.05, 0) is 66.7 Å². The SMILES string of the molecule is CCc1ccc(O)c(NC(=S)NC(=O)c2ccc(-c3ccc(Cl)c(Cl)c3)o2)c1. The lowest BCUT2D eigenvalue weighted by Crippen LogP contribution is -2.33. The molecule has 0 saturated heterocycles. The number of nitrogens with one attached hydrogen (secondary N) is 2. The molecule has 0 bridgehead atoms. The van der Waals surface area contributed by atoms with Gasteiger partial charge in [0.2, 0.25) is 0 Å². The van der Waals surface area contributed by atoms with Gasteiger partial charge in [-0.1, -0.05) is 36.2 Å². The fourth-order valence-corrected chi connectivity index (χ4v) is 2.99. The van der Waals surface area contributed by atoms with E-state index in [2.05, 4.69) is 10.6 Å².